The van der Waals surface area contributed by atoms with Gasteiger partial charge >= 0.3 is 7.69 Å². The molecule has 0 saturated carbocycles. The predicted octanol–water partition coefficient (Wildman–Crippen LogP) is 0.602. The van der Waals surface area contributed by atoms with Gasteiger partial charge in [-0.3, -0.25) is 0 Å². The normalized spacial score (nSPS) is 9.36. The Hall–Kier alpha value is -1.10. The summed E-state index contributed by atoms with van der Waals surface area (Å²) in [6, 6.07) is 3.50. The third-order valence-corrected chi connectivity index (χ3v) is 1.14. The van der Waals surface area contributed by atoms with Gasteiger partial charge in [-0.25, -0.2) is 4.39 Å². The topological polar surface area (TPSA) is 29.5 Å². The maximum Gasteiger partial charge on any atom is 0.504 e. The molecule has 2 nitrogen and oxygen atoms in total. The fourth-order valence-electron chi connectivity index (χ4n) is 0.665. The van der Waals surface area contributed by atoms with Crippen molar-refractivity contribution in [2.75, 3.05) is 0 Å². The Bertz CT molecular complexity index is 254. The van der Waals surface area contributed by atoms with Crippen LogP contribution in [0.25, 0.3) is 0 Å². The van der Waals surface area contributed by atoms with E-state index in [9.17, 15) is 8.78 Å². The first kappa shape index (κ1) is 8.01. The van der Waals surface area contributed by atoms with Gasteiger partial charge < -0.3 is 9.68 Å². The Balaban J connectivity index is 2.96. The van der Waals surface area contributed by atoms with Gasteiger partial charge in [0.25, 0.3) is 0 Å². The number of hydrogen-bond donors (Lipinski definition) is 1. The highest BCUT2D eigenvalue weighted by Gasteiger charge is 2.07. The molecule has 5 heteroatoms. The first-order chi connectivity index (χ1) is 5.25. The van der Waals surface area contributed by atoms with Crippen LogP contribution in [0.1, 0.15) is 0 Å². The molecule has 0 unspecified atom stereocenters. The fraction of sp³-hybridized carbons (Fsp3) is 0. The molecule has 0 heterocycles. The highest BCUT2D eigenvalue weighted by Crippen LogP contribution is 2.17. The van der Waals surface area contributed by atoms with Crippen LogP contribution in [0.5, 0.6) is 5.75 Å². The number of halogens is 2. The molecule has 0 radical (unpaired) electrons. The van der Waals surface area contributed by atoms with Crippen LogP contribution in [0.15, 0.2) is 18.2 Å². The molecule has 0 aromatic heterocycles. The number of rotatable bonds is 2. The second-order valence-electron chi connectivity index (χ2n) is 1.83. The highest BCUT2D eigenvalue weighted by atomic mass is 19.2. The van der Waals surface area contributed by atoms with E-state index in [0.717, 1.165) is 6.07 Å². The molecule has 0 bridgehead atoms. The number of benzene rings is 1. The first-order valence-corrected chi connectivity index (χ1v) is 2.93. The van der Waals surface area contributed by atoms with Gasteiger partial charge in [0.05, 0.1) is 0 Å². The maximum absolute atomic E-state index is 12.6. The molecule has 1 aromatic carbocycles. The van der Waals surface area contributed by atoms with Gasteiger partial charge in [-0.1, -0.05) is 6.07 Å². The largest absolute Gasteiger partial charge is 0.537 e. The minimum absolute atomic E-state index is 0.285. The van der Waals surface area contributed by atoms with Crippen molar-refractivity contribution in [2.24, 2.45) is 0 Å². The fourth-order valence-corrected chi connectivity index (χ4v) is 0.665. The van der Waals surface area contributed by atoms with Crippen LogP contribution in [-0.4, -0.2) is 12.7 Å². The zero-order chi connectivity index (χ0) is 8.27. The molecule has 0 spiro atoms. The van der Waals surface area contributed by atoms with E-state index < -0.39 is 19.3 Å². The molecule has 1 rings (SSSR count). The second-order valence-corrected chi connectivity index (χ2v) is 1.83. The summed E-state index contributed by atoms with van der Waals surface area (Å²) in [5.41, 5.74) is 0. The number of hydrogen-bond acceptors (Lipinski definition) is 2. The SMILES string of the molecule is OBOc1cccc(F)c1F. The molecule has 0 aliphatic rings. The molecule has 0 aliphatic heterocycles. The third kappa shape index (κ3) is 1.68. The Kier molecular flexibility index (Phi) is 2.43. The highest BCUT2D eigenvalue weighted by molar-refractivity contribution is 6.17. The molecule has 58 valence electrons. The van der Waals surface area contributed by atoms with Gasteiger partial charge in [0, 0.05) is 0 Å². The lowest BCUT2D eigenvalue weighted by atomic mass is 10.3. The van der Waals surface area contributed by atoms with E-state index >= 15 is 0 Å². The lowest BCUT2D eigenvalue weighted by Gasteiger charge is -2.02. The quantitative estimate of drug-likeness (QED) is 0.638. The minimum Gasteiger partial charge on any atom is -0.537 e. The summed E-state index contributed by atoms with van der Waals surface area (Å²) in [5.74, 6) is -2.36. The third-order valence-electron chi connectivity index (χ3n) is 1.14. The van der Waals surface area contributed by atoms with Crippen LogP contribution in [0.4, 0.5) is 8.78 Å². The van der Waals surface area contributed by atoms with E-state index in [2.05, 4.69) is 4.65 Å². The average molecular weight is 158 g/mol. The van der Waals surface area contributed by atoms with Crippen LogP contribution in [0.3, 0.4) is 0 Å². The van der Waals surface area contributed by atoms with Gasteiger partial charge in [-0.05, 0) is 12.1 Å². The Morgan fingerprint density at radius 2 is 2.09 bits per heavy atom. The summed E-state index contributed by atoms with van der Waals surface area (Å²) in [4.78, 5) is 0. The Labute approximate surface area is 62.7 Å². The van der Waals surface area contributed by atoms with Crippen molar-refractivity contribution in [1.29, 1.82) is 0 Å². The molecule has 0 saturated heterocycles. The van der Waals surface area contributed by atoms with Crippen molar-refractivity contribution in [3.05, 3.63) is 29.8 Å². The van der Waals surface area contributed by atoms with Gasteiger partial charge in [-0.15, -0.1) is 0 Å². The summed E-state index contributed by atoms with van der Waals surface area (Å²) >= 11 is 0. The van der Waals surface area contributed by atoms with Crippen LogP contribution >= 0.6 is 0 Å². The molecule has 0 aliphatic carbocycles. The molecule has 0 atom stereocenters. The zero-order valence-electron chi connectivity index (χ0n) is 5.55. The van der Waals surface area contributed by atoms with Gasteiger partial charge in [-0.2, -0.15) is 4.39 Å². The van der Waals surface area contributed by atoms with E-state index in [1.54, 1.807) is 0 Å². The predicted molar refractivity (Wildman–Crippen MR) is 36.4 cm³/mol. The lowest BCUT2D eigenvalue weighted by Crippen LogP contribution is -2.02. The summed E-state index contributed by atoms with van der Waals surface area (Å²) in [6.45, 7) is 0. The van der Waals surface area contributed by atoms with Crippen LogP contribution < -0.4 is 4.65 Å². The second kappa shape index (κ2) is 3.34. The summed E-state index contributed by atoms with van der Waals surface area (Å²) in [7, 11) is -0.666. The molecular formula is C6H5BF2O2. The van der Waals surface area contributed by atoms with E-state index in [4.69, 9.17) is 5.02 Å². The van der Waals surface area contributed by atoms with E-state index in [-0.39, 0.29) is 5.75 Å². The summed E-state index contributed by atoms with van der Waals surface area (Å²) in [5, 5.41) is 8.22. The molecule has 11 heavy (non-hydrogen) atoms. The lowest BCUT2D eigenvalue weighted by molar-refractivity contribution is 0.414. The average Bonchev–Trinajstić information content (AvgIpc) is 1.99. The maximum atomic E-state index is 12.6. The van der Waals surface area contributed by atoms with Crippen molar-refractivity contribution in [1.82, 2.24) is 0 Å². The molecule has 0 amide bonds. The zero-order valence-corrected chi connectivity index (χ0v) is 5.55. The molecule has 1 N–H and O–H groups in total. The Morgan fingerprint density at radius 3 is 2.73 bits per heavy atom. The smallest absolute Gasteiger partial charge is 0.504 e. The van der Waals surface area contributed by atoms with Crippen LogP contribution in [-0.2, 0) is 0 Å². The van der Waals surface area contributed by atoms with Crippen molar-refractivity contribution < 1.29 is 18.5 Å². The summed E-state index contributed by atoms with van der Waals surface area (Å²) in [6.07, 6.45) is 0. The minimum atomic E-state index is -1.08. The van der Waals surface area contributed by atoms with Gasteiger partial charge in [0.15, 0.2) is 11.6 Å². The Morgan fingerprint density at radius 1 is 1.36 bits per heavy atom. The van der Waals surface area contributed by atoms with Crippen LogP contribution in [0, 0.1) is 11.6 Å². The van der Waals surface area contributed by atoms with Crippen LogP contribution in [0.2, 0.25) is 0 Å². The van der Waals surface area contributed by atoms with Crippen molar-refractivity contribution in [3.63, 3.8) is 0 Å². The van der Waals surface area contributed by atoms with Gasteiger partial charge in [0.1, 0.15) is 5.75 Å². The van der Waals surface area contributed by atoms with Gasteiger partial charge in [0.2, 0.25) is 0 Å². The monoisotopic (exact) mass is 158 g/mol. The van der Waals surface area contributed by atoms with E-state index in [0.29, 0.717) is 0 Å². The van der Waals surface area contributed by atoms with Crippen molar-refractivity contribution in [3.8, 4) is 5.75 Å². The van der Waals surface area contributed by atoms with E-state index in [1.165, 1.54) is 12.1 Å². The summed E-state index contributed by atoms with van der Waals surface area (Å²) < 4.78 is 29.3. The van der Waals surface area contributed by atoms with E-state index in [1.807, 2.05) is 0 Å². The standard InChI is InChI=1S/C6H5BF2O2/c8-4-2-1-3-5(6(4)9)11-7-10/h1-3,7,10H. The molecule has 0 fully saturated rings. The van der Waals surface area contributed by atoms with Crippen molar-refractivity contribution >= 4 is 7.69 Å². The first-order valence-electron chi connectivity index (χ1n) is 2.93. The molecule has 1 aromatic rings. The molecular weight excluding hydrogens is 153 g/mol. The van der Waals surface area contributed by atoms with Crippen molar-refractivity contribution in [2.45, 2.75) is 0 Å².